The molecular formula is C28H31N3O5. The van der Waals surface area contributed by atoms with Gasteiger partial charge in [0.05, 0.1) is 24.6 Å². The highest BCUT2D eigenvalue weighted by Crippen LogP contribution is 2.37. The molecule has 3 amide bonds. The summed E-state index contributed by atoms with van der Waals surface area (Å²) in [7, 11) is 0. The predicted octanol–water partition coefficient (Wildman–Crippen LogP) is 4.80. The molecule has 8 nitrogen and oxygen atoms in total. The van der Waals surface area contributed by atoms with Gasteiger partial charge >= 0.3 is 0 Å². The molecule has 0 aliphatic rings. The fraction of sp³-hybridized carbons (Fsp3) is 0.250. The Balaban J connectivity index is 1.70. The third-order valence-corrected chi connectivity index (χ3v) is 5.16. The van der Waals surface area contributed by atoms with Gasteiger partial charge in [-0.25, -0.2) is 0 Å². The van der Waals surface area contributed by atoms with E-state index in [0.29, 0.717) is 47.2 Å². The number of hydrogen-bond acceptors (Lipinski definition) is 5. The van der Waals surface area contributed by atoms with E-state index in [1.807, 2.05) is 39.0 Å². The van der Waals surface area contributed by atoms with Crippen molar-refractivity contribution in [3.8, 4) is 11.5 Å². The largest absolute Gasteiger partial charge is 0.492 e. The Hall–Kier alpha value is -4.33. The predicted molar refractivity (Wildman–Crippen MR) is 140 cm³/mol. The van der Waals surface area contributed by atoms with Crippen LogP contribution in [0.3, 0.4) is 0 Å². The minimum atomic E-state index is -0.302. The summed E-state index contributed by atoms with van der Waals surface area (Å²) in [4.78, 5) is 37.6. The Bertz CT molecular complexity index is 1210. The lowest BCUT2D eigenvalue weighted by molar-refractivity contribution is -0.116. The van der Waals surface area contributed by atoms with Crippen LogP contribution in [0.1, 0.15) is 46.5 Å². The van der Waals surface area contributed by atoms with Crippen LogP contribution in [0.15, 0.2) is 66.7 Å². The highest BCUT2D eigenvalue weighted by Gasteiger charge is 2.17. The standard InChI is InChI=1S/C28H31N3O5/c1-4-35-24-18-23(31-28(34)20-11-7-6-8-12-20)25(36-5-2)17-22(24)30-26(32)14-15-29-27(33)21-13-9-10-19(3)16-21/h6-13,16-18H,4-5,14-15H2,1-3H3,(H,29,33)(H,30,32)(H,31,34). The average Bonchev–Trinajstić information content (AvgIpc) is 2.87. The van der Waals surface area contributed by atoms with E-state index in [-0.39, 0.29) is 30.7 Å². The van der Waals surface area contributed by atoms with Gasteiger partial charge in [-0.05, 0) is 45.0 Å². The van der Waals surface area contributed by atoms with Gasteiger partial charge < -0.3 is 25.4 Å². The maximum absolute atomic E-state index is 12.7. The topological polar surface area (TPSA) is 106 Å². The number of benzene rings is 3. The first-order valence-electron chi connectivity index (χ1n) is 11.9. The number of aryl methyl sites for hydroxylation is 1. The van der Waals surface area contributed by atoms with Gasteiger partial charge in [0.1, 0.15) is 11.5 Å². The van der Waals surface area contributed by atoms with E-state index in [0.717, 1.165) is 5.56 Å². The van der Waals surface area contributed by atoms with Gasteiger partial charge in [-0.1, -0.05) is 35.9 Å². The van der Waals surface area contributed by atoms with E-state index >= 15 is 0 Å². The number of ether oxygens (including phenoxy) is 2. The van der Waals surface area contributed by atoms with Gasteiger partial charge in [0.25, 0.3) is 11.8 Å². The van der Waals surface area contributed by atoms with Crippen molar-refractivity contribution in [3.63, 3.8) is 0 Å². The molecule has 0 heterocycles. The molecule has 36 heavy (non-hydrogen) atoms. The van der Waals surface area contributed by atoms with Crippen molar-refractivity contribution in [2.45, 2.75) is 27.2 Å². The zero-order valence-electron chi connectivity index (χ0n) is 20.7. The zero-order chi connectivity index (χ0) is 25.9. The summed E-state index contributed by atoms with van der Waals surface area (Å²) in [5, 5.41) is 8.43. The summed E-state index contributed by atoms with van der Waals surface area (Å²) in [5.41, 5.74) is 2.87. The molecule has 0 radical (unpaired) electrons. The molecule has 3 N–H and O–H groups in total. The van der Waals surface area contributed by atoms with Gasteiger partial charge in [-0.3, -0.25) is 14.4 Å². The molecule has 0 fully saturated rings. The van der Waals surface area contributed by atoms with E-state index in [9.17, 15) is 14.4 Å². The molecular weight excluding hydrogens is 458 g/mol. The van der Waals surface area contributed by atoms with Crippen molar-refractivity contribution < 1.29 is 23.9 Å². The van der Waals surface area contributed by atoms with Crippen LogP contribution in [-0.4, -0.2) is 37.5 Å². The van der Waals surface area contributed by atoms with Crippen LogP contribution in [-0.2, 0) is 4.79 Å². The molecule has 8 heteroatoms. The van der Waals surface area contributed by atoms with Crippen molar-refractivity contribution >= 4 is 29.1 Å². The fourth-order valence-corrected chi connectivity index (χ4v) is 3.48. The van der Waals surface area contributed by atoms with Crippen LogP contribution in [0.4, 0.5) is 11.4 Å². The summed E-state index contributed by atoms with van der Waals surface area (Å²) in [6.45, 7) is 6.46. The van der Waals surface area contributed by atoms with Gasteiger partial charge in [0, 0.05) is 36.2 Å². The zero-order valence-corrected chi connectivity index (χ0v) is 20.7. The molecule has 0 saturated carbocycles. The van der Waals surface area contributed by atoms with Crippen molar-refractivity contribution in [2.24, 2.45) is 0 Å². The molecule has 0 aromatic heterocycles. The number of amides is 3. The van der Waals surface area contributed by atoms with Gasteiger partial charge in [0.15, 0.2) is 0 Å². The van der Waals surface area contributed by atoms with Crippen LogP contribution in [0.5, 0.6) is 11.5 Å². The van der Waals surface area contributed by atoms with Gasteiger partial charge in [0.2, 0.25) is 5.91 Å². The highest BCUT2D eigenvalue weighted by atomic mass is 16.5. The molecule has 0 spiro atoms. The van der Waals surface area contributed by atoms with E-state index in [1.54, 1.807) is 48.5 Å². The molecule has 0 aliphatic heterocycles. The van der Waals surface area contributed by atoms with Crippen molar-refractivity contribution in [1.29, 1.82) is 0 Å². The van der Waals surface area contributed by atoms with Gasteiger partial charge in [-0.2, -0.15) is 0 Å². The third-order valence-electron chi connectivity index (χ3n) is 5.16. The first kappa shape index (κ1) is 26.3. The second kappa shape index (κ2) is 12.9. The normalized spacial score (nSPS) is 10.3. The minimum Gasteiger partial charge on any atom is -0.492 e. The van der Waals surface area contributed by atoms with Crippen LogP contribution in [0.2, 0.25) is 0 Å². The Labute approximate surface area is 211 Å². The molecule has 0 saturated heterocycles. The Morgan fingerprint density at radius 1 is 0.722 bits per heavy atom. The molecule has 188 valence electrons. The summed E-state index contributed by atoms with van der Waals surface area (Å²) in [6, 6.07) is 19.3. The lowest BCUT2D eigenvalue weighted by atomic mass is 10.1. The summed E-state index contributed by atoms with van der Waals surface area (Å²) in [6.07, 6.45) is 0.0690. The number of carbonyl (C=O) groups is 3. The maximum Gasteiger partial charge on any atom is 0.255 e. The SMILES string of the molecule is CCOc1cc(NC(=O)c2ccccc2)c(OCC)cc1NC(=O)CCNC(=O)c1cccc(C)c1. The maximum atomic E-state index is 12.7. The lowest BCUT2D eigenvalue weighted by Gasteiger charge is -2.18. The van der Waals surface area contributed by atoms with E-state index < -0.39 is 0 Å². The van der Waals surface area contributed by atoms with Crippen molar-refractivity contribution in [2.75, 3.05) is 30.4 Å². The van der Waals surface area contributed by atoms with E-state index in [2.05, 4.69) is 16.0 Å². The quantitative estimate of drug-likeness (QED) is 0.359. The first-order valence-corrected chi connectivity index (χ1v) is 11.9. The van der Waals surface area contributed by atoms with E-state index in [1.165, 1.54) is 0 Å². The number of hydrogen-bond donors (Lipinski definition) is 3. The first-order chi connectivity index (χ1) is 17.4. The van der Waals surface area contributed by atoms with Crippen molar-refractivity contribution in [1.82, 2.24) is 5.32 Å². The summed E-state index contributed by atoms with van der Waals surface area (Å²) < 4.78 is 11.4. The molecule has 0 aliphatic carbocycles. The highest BCUT2D eigenvalue weighted by molar-refractivity contribution is 6.05. The second-order valence-corrected chi connectivity index (χ2v) is 7.95. The summed E-state index contributed by atoms with van der Waals surface area (Å²) in [5.74, 6) is -0.0439. The molecule has 3 aromatic rings. The van der Waals surface area contributed by atoms with Crippen LogP contribution in [0, 0.1) is 6.92 Å². The number of anilines is 2. The average molecular weight is 490 g/mol. The molecule has 0 unspecified atom stereocenters. The number of rotatable bonds is 11. The smallest absolute Gasteiger partial charge is 0.255 e. The van der Waals surface area contributed by atoms with Crippen molar-refractivity contribution in [3.05, 3.63) is 83.4 Å². The van der Waals surface area contributed by atoms with E-state index in [4.69, 9.17) is 9.47 Å². The Kier molecular flexibility index (Phi) is 9.45. The second-order valence-electron chi connectivity index (χ2n) is 7.95. The molecule has 0 atom stereocenters. The van der Waals surface area contributed by atoms with Crippen LogP contribution < -0.4 is 25.4 Å². The van der Waals surface area contributed by atoms with Crippen LogP contribution in [0.25, 0.3) is 0 Å². The number of nitrogens with one attached hydrogen (secondary N) is 3. The Morgan fingerprint density at radius 2 is 1.33 bits per heavy atom. The van der Waals surface area contributed by atoms with Crippen LogP contribution >= 0.6 is 0 Å². The Morgan fingerprint density at radius 3 is 1.94 bits per heavy atom. The number of carbonyl (C=O) groups excluding carboxylic acids is 3. The monoisotopic (exact) mass is 489 g/mol. The molecule has 3 aromatic carbocycles. The minimum absolute atomic E-state index is 0.0690. The lowest BCUT2D eigenvalue weighted by Crippen LogP contribution is -2.27. The third kappa shape index (κ3) is 7.33. The fourth-order valence-electron chi connectivity index (χ4n) is 3.48. The summed E-state index contributed by atoms with van der Waals surface area (Å²) >= 11 is 0. The van der Waals surface area contributed by atoms with Gasteiger partial charge in [-0.15, -0.1) is 0 Å². The molecule has 3 rings (SSSR count). The molecule has 0 bridgehead atoms.